The van der Waals surface area contributed by atoms with Crippen LogP contribution in [0.3, 0.4) is 0 Å². The van der Waals surface area contributed by atoms with Crippen LogP contribution in [0.15, 0.2) is 0 Å². The van der Waals surface area contributed by atoms with Crippen LogP contribution in [-0.4, -0.2) is 46.7 Å². The van der Waals surface area contributed by atoms with Crippen molar-refractivity contribution < 1.29 is 24.9 Å². The van der Waals surface area contributed by atoms with E-state index in [1.165, 1.54) is 13.5 Å². The predicted molar refractivity (Wildman–Crippen MR) is 114 cm³/mol. The minimum absolute atomic E-state index is 0.00182. The fraction of sp³-hybridized carbons (Fsp3) is 0.960. The van der Waals surface area contributed by atoms with Gasteiger partial charge in [0.15, 0.2) is 0 Å². The minimum Gasteiger partial charge on any atom is -0.469 e. The van der Waals surface area contributed by atoms with Gasteiger partial charge in [0.2, 0.25) is 0 Å². The van der Waals surface area contributed by atoms with Gasteiger partial charge in [0.05, 0.1) is 25.4 Å². The summed E-state index contributed by atoms with van der Waals surface area (Å²) in [5, 5.41) is 32.7. The van der Waals surface area contributed by atoms with Crippen molar-refractivity contribution in [1.29, 1.82) is 0 Å². The van der Waals surface area contributed by atoms with Crippen molar-refractivity contribution in [3.63, 3.8) is 0 Å². The molecule has 0 spiro atoms. The summed E-state index contributed by atoms with van der Waals surface area (Å²) in [5.74, 6) is 1.87. The monoisotopic (exact) mass is 422 g/mol. The van der Waals surface area contributed by atoms with E-state index in [2.05, 4.69) is 20.8 Å². The molecule has 4 aliphatic carbocycles. The van der Waals surface area contributed by atoms with Crippen LogP contribution in [0.25, 0.3) is 0 Å². The van der Waals surface area contributed by atoms with Crippen LogP contribution in [0.1, 0.15) is 78.6 Å². The van der Waals surface area contributed by atoms with Crippen molar-refractivity contribution in [3.05, 3.63) is 0 Å². The SMILES string of the molecule is COC(=O)CC[C@@H](C)[C@H]1CC[C@@H]2[C@H]3[C@H](O)[C@H](O)[C@H]4C[C@H](O)CC[C@]4(C)[C@@H]3CC[C@@]21C. The maximum absolute atomic E-state index is 11.7. The van der Waals surface area contributed by atoms with Crippen molar-refractivity contribution in [1.82, 2.24) is 0 Å². The quantitative estimate of drug-likeness (QED) is 0.603. The second-order valence-corrected chi connectivity index (χ2v) is 11.6. The molecule has 3 N–H and O–H groups in total. The highest BCUT2D eigenvalue weighted by molar-refractivity contribution is 5.69. The van der Waals surface area contributed by atoms with Gasteiger partial charge in [-0.15, -0.1) is 0 Å². The lowest BCUT2D eigenvalue weighted by Crippen LogP contribution is -2.64. The van der Waals surface area contributed by atoms with Gasteiger partial charge in [0, 0.05) is 6.42 Å². The standard InChI is InChI=1S/C25H42O5/c1-14(5-8-20(27)30-4)16-6-7-17-21-18(10-12-24(16,17)2)25(3)11-9-15(26)13-19(25)22(28)23(21)29/h14-19,21-23,26,28-29H,5-13H2,1-4H3/t14-,15-,16-,17-,18-,19-,21-,22-,23+,24-,25-/m1/s1. The van der Waals surface area contributed by atoms with E-state index < -0.39 is 12.2 Å². The molecule has 5 nitrogen and oxygen atoms in total. The number of rotatable bonds is 4. The van der Waals surface area contributed by atoms with Crippen LogP contribution >= 0.6 is 0 Å². The summed E-state index contributed by atoms with van der Waals surface area (Å²) in [4.78, 5) is 11.7. The first-order chi connectivity index (χ1) is 14.1. The van der Waals surface area contributed by atoms with E-state index in [0.29, 0.717) is 36.5 Å². The van der Waals surface area contributed by atoms with Gasteiger partial charge >= 0.3 is 5.97 Å². The average molecular weight is 423 g/mol. The summed E-state index contributed by atoms with van der Waals surface area (Å²) >= 11 is 0. The third-order valence-electron chi connectivity index (χ3n) is 10.5. The number of hydrogen-bond acceptors (Lipinski definition) is 5. The van der Waals surface area contributed by atoms with E-state index in [4.69, 9.17) is 4.74 Å². The molecule has 30 heavy (non-hydrogen) atoms. The highest BCUT2D eigenvalue weighted by Gasteiger charge is 2.65. The number of esters is 1. The molecule has 4 saturated carbocycles. The topological polar surface area (TPSA) is 87.0 Å². The second-order valence-electron chi connectivity index (χ2n) is 11.6. The molecule has 0 aromatic heterocycles. The highest BCUT2D eigenvalue weighted by Crippen LogP contribution is 2.68. The molecule has 0 aromatic carbocycles. The van der Waals surface area contributed by atoms with E-state index in [1.807, 2.05) is 0 Å². The Bertz CT molecular complexity index is 651. The van der Waals surface area contributed by atoms with Gasteiger partial charge in [-0.25, -0.2) is 0 Å². The van der Waals surface area contributed by atoms with Gasteiger partial charge < -0.3 is 20.1 Å². The lowest BCUT2D eigenvalue weighted by molar-refractivity contribution is -0.223. The largest absolute Gasteiger partial charge is 0.469 e. The normalized spacial score (nSPS) is 51.4. The van der Waals surface area contributed by atoms with Crippen LogP contribution in [-0.2, 0) is 9.53 Å². The zero-order valence-corrected chi connectivity index (χ0v) is 19.2. The van der Waals surface area contributed by atoms with E-state index in [-0.39, 0.29) is 34.7 Å². The average Bonchev–Trinajstić information content (AvgIpc) is 3.08. The fourth-order valence-electron chi connectivity index (χ4n) is 8.86. The van der Waals surface area contributed by atoms with Crippen molar-refractivity contribution in [3.8, 4) is 0 Å². The fourth-order valence-corrected chi connectivity index (χ4v) is 8.86. The first kappa shape index (κ1) is 22.5. The molecule has 4 rings (SSSR count). The number of methoxy groups -OCH3 is 1. The molecule has 0 aromatic rings. The first-order valence-corrected chi connectivity index (χ1v) is 12.2. The zero-order chi connectivity index (χ0) is 21.8. The molecule has 0 saturated heterocycles. The van der Waals surface area contributed by atoms with Crippen molar-refractivity contribution >= 4 is 5.97 Å². The second kappa shape index (κ2) is 8.04. The first-order valence-electron chi connectivity index (χ1n) is 12.2. The van der Waals surface area contributed by atoms with Crippen LogP contribution in [0.5, 0.6) is 0 Å². The number of hydrogen-bond donors (Lipinski definition) is 3. The summed E-state index contributed by atoms with van der Waals surface area (Å²) in [6, 6.07) is 0. The molecule has 4 aliphatic rings. The molecular weight excluding hydrogens is 380 g/mol. The molecule has 5 heteroatoms. The summed E-state index contributed by atoms with van der Waals surface area (Å²) in [5.41, 5.74) is 0.174. The molecule has 0 heterocycles. The predicted octanol–water partition coefficient (Wildman–Crippen LogP) is 3.54. The Balaban J connectivity index is 1.56. The van der Waals surface area contributed by atoms with Crippen molar-refractivity contribution in [2.24, 2.45) is 46.3 Å². The van der Waals surface area contributed by atoms with Gasteiger partial charge in [0.1, 0.15) is 0 Å². The summed E-state index contributed by atoms with van der Waals surface area (Å²) < 4.78 is 4.84. The molecule has 0 radical (unpaired) electrons. The molecule has 172 valence electrons. The number of carbonyl (C=O) groups is 1. The van der Waals surface area contributed by atoms with Gasteiger partial charge in [-0.2, -0.15) is 0 Å². The summed E-state index contributed by atoms with van der Waals surface area (Å²) in [6.45, 7) is 7.02. The number of aliphatic hydroxyl groups excluding tert-OH is 3. The molecule has 0 aliphatic heterocycles. The zero-order valence-electron chi connectivity index (χ0n) is 19.2. The Morgan fingerprint density at radius 1 is 0.967 bits per heavy atom. The third kappa shape index (κ3) is 3.34. The number of fused-ring (bicyclic) bond motifs is 5. The van der Waals surface area contributed by atoms with Crippen LogP contribution in [0.2, 0.25) is 0 Å². The maximum Gasteiger partial charge on any atom is 0.305 e. The van der Waals surface area contributed by atoms with E-state index in [1.54, 1.807) is 0 Å². The summed E-state index contributed by atoms with van der Waals surface area (Å²) in [6.07, 6.45) is 6.48. The van der Waals surface area contributed by atoms with Crippen LogP contribution in [0, 0.1) is 46.3 Å². The third-order valence-corrected chi connectivity index (χ3v) is 10.5. The van der Waals surface area contributed by atoms with Gasteiger partial charge in [-0.3, -0.25) is 4.79 Å². The molecular formula is C25H42O5. The van der Waals surface area contributed by atoms with Crippen LogP contribution < -0.4 is 0 Å². The van der Waals surface area contributed by atoms with Gasteiger partial charge in [0.25, 0.3) is 0 Å². The maximum atomic E-state index is 11.7. The Morgan fingerprint density at radius 2 is 1.63 bits per heavy atom. The number of aliphatic hydroxyl groups is 3. The summed E-state index contributed by atoms with van der Waals surface area (Å²) in [7, 11) is 1.45. The smallest absolute Gasteiger partial charge is 0.305 e. The van der Waals surface area contributed by atoms with E-state index in [9.17, 15) is 20.1 Å². The Hall–Kier alpha value is -0.650. The highest BCUT2D eigenvalue weighted by atomic mass is 16.5. The number of ether oxygens (including phenoxy) is 1. The van der Waals surface area contributed by atoms with Crippen molar-refractivity contribution in [2.75, 3.05) is 7.11 Å². The molecule has 4 fully saturated rings. The molecule has 11 atom stereocenters. The molecule has 0 bridgehead atoms. The van der Waals surface area contributed by atoms with Gasteiger partial charge in [-0.1, -0.05) is 20.8 Å². The van der Waals surface area contributed by atoms with Gasteiger partial charge in [-0.05, 0) is 97.7 Å². The lowest BCUT2D eigenvalue weighted by atomic mass is 9.43. The molecule has 0 amide bonds. The van der Waals surface area contributed by atoms with Crippen molar-refractivity contribution in [2.45, 2.75) is 96.9 Å². The minimum atomic E-state index is -0.732. The Labute approximate surface area is 181 Å². The Morgan fingerprint density at radius 3 is 2.33 bits per heavy atom. The number of carbonyl (C=O) groups excluding carboxylic acids is 1. The molecule has 0 unspecified atom stereocenters. The van der Waals surface area contributed by atoms with Crippen LogP contribution in [0.4, 0.5) is 0 Å². The van der Waals surface area contributed by atoms with E-state index >= 15 is 0 Å². The van der Waals surface area contributed by atoms with E-state index in [0.717, 1.165) is 38.5 Å². The lowest BCUT2D eigenvalue weighted by Gasteiger charge is -2.63. The Kier molecular flexibility index (Phi) is 6.04.